The topological polar surface area (TPSA) is 139 Å². The van der Waals surface area contributed by atoms with Crippen molar-refractivity contribution < 1.29 is 9.21 Å². The first-order valence-corrected chi connectivity index (χ1v) is 12.4. The summed E-state index contributed by atoms with van der Waals surface area (Å²) in [7, 11) is 0. The quantitative estimate of drug-likeness (QED) is 0.435. The zero-order chi connectivity index (χ0) is 24.1. The van der Waals surface area contributed by atoms with Gasteiger partial charge in [-0.1, -0.05) is 29.5 Å². The molecule has 0 radical (unpaired) electrons. The summed E-state index contributed by atoms with van der Waals surface area (Å²) in [5.41, 5.74) is 6.63. The van der Waals surface area contributed by atoms with E-state index >= 15 is 0 Å². The van der Waals surface area contributed by atoms with Crippen LogP contribution in [0.5, 0.6) is 0 Å². The molecule has 0 fully saturated rings. The van der Waals surface area contributed by atoms with Gasteiger partial charge in [-0.25, -0.2) is 9.97 Å². The van der Waals surface area contributed by atoms with Crippen LogP contribution >= 0.6 is 0 Å². The molecule has 1 amide bonds. The van der Waals surface area contributed by atoms with Gasteiger partial charge in [0, 0.05) is 36.5 Å². The molecular formula is C25H25N9O2. The molecule has 7 rings (SSSR count). The Morgan fingerprint density at radius 2 is 1.97 bits per heavy atom. The van der Waals surface area contributed by atoms with Gasteiger partial charge in [-0.2, -0.15) is 0 Å². The number of anilines is 1. The number of amides is 1. The maximum Gasteiger partial charge on any atom is 0.232 e. The Balaban J connectivity index is 1.01. The molecule has 11 heteroatoms. The molecule has 3 aromatic heterocycles. The van der Waals surface area contributed by atoms with Crippen molar-refractivity contribution in [3.05, 3.63) is 76.0 Å². The SMILES string of the molecule is O=C(Cc1nnc([C@H]2CCc3nc(NC4Cc5ccccc5C4)ncc32)o1)N1CCc2nn[nH]c2C1. The Bertz CT molecular complexity index is 1420. The number of carbonyl (C=O) groups is 1. The maximum atomic E-state index is 12.8. The van der Waals surface area contributed by atoms with Gasteiger partial charge in [-0.15, -0.1) is 15.3 Å². The summed E-state index contributed by atoms with van der Waals surface area (Å²) >= 11 is 0. The Kier molecular flexibility index (Phi) is 5.00. The Morgan fingerprint density at radius 3 is 2.83 bits per heavy atom. The van der Waals surface area contributed by atoms with Crippen LogP contribution in [-0.2, 0) is 43.4 Å². The molecule has 0 unspecified atom stereocenters. The highest BCUT2D eigenvalue weighted by atomic mass is 16.4. The highest BCUT2D eigenvalue weighted by molar-refractivity contribution is 5.78. The normalized spacial score (nSPS) is 18.7. The number of carbonyl (C=O) groups excluding carboxylic acids is 1. The average molecular weight is 484 g/mol. The average Bonchev–Trinajstić information content (AvgIpc) is 3.68. The van der Waals surface area contributed by atoms with E-state index in [1.54, 1.807) is 4.90 Å². The van der Waals surface area contributed by atoms with Crippen molar-refractivity contribution in [1.29, 1.82) is 0 Å². The van der Waals surface area contributed by atoms with Gasteiger partial charge in [0.05, 0.1) is 23.9 Å². The van der Waals surface area contributed by atoms with Crippen LogP contribution in [0.15, 0.2) is 34.9 Å². The molecule has 3 aliphatic rings. The van der Waals surface area contributed by atoms with Gasteiger partial charge in [0.15, 0.2) is 0 Å². The van der Waals surface area contributed by atoms with E-state index in [0.717, 1.165) is 48.3 Å². The molecule has 4 heterocycles. The van der Waals surface area contributed by atoms with E-state index in [0.29, 0.717) is 43.3 Å². The van der Waals surface area contributed by atoms with Gasteiger partial charge in [0.25, 0.3) is 0 Å². The third kappa shape index (κ3) is 3.80. The summed E-state index contributed by atoms with van der Waals surface area (Å²) in [6.45, 7) is 1.08. The zero-order valence-corrected chi connectivity index (χ0v) is 19.6. The molecule has 1 aromatic carbocycles. The number of fused-ring (bicyclic) bond motifs is 3. The van der Waals surface area contributed by atoms with Crippen molar-refractivity contribution in [3.8, 4) is 0 Å². The predicted octanol–water partition coefficient (Wildman–Crippen LogP) is 1.76. The van der Waals surface area contributed by atoms with Crippen LogP contribution in [-0.4, -0.2) is 59.0 Å². The third-order valence-electron chi connectivity index (χ3n) is 7.44. The number of aromatic amines is 1. The number of rotatable bonds is 5. The summed E-state index contributed by atoms with van der Waals surface area (Å²) < 4.78 is 5.94. The van der Waals surface area contributed by atoms with E-state index in [1.807, 2.05) is 6.20 Å². The monoisotopic (exact) mass is 483 g/mol. The van der Waals surface area contributed by atoms with Crippen molar-refractivity contribution in [3.63, 3.8) is 0 Å². The first-order valence-electron chi connectivity index (χ1n) is 12.4. The number of benzene rings is 1. The number of nitrogens with one attached hydrogen (secondary N) is 2. The van der Waals surface area contributed by atoms with Crippen molar-refractivity contribution >= 4 is 11.9 Å². The molecule has 4 aromatic rings. The Labute approximate surface area is 206 Å². The van der Waals surface area contributed by atoms with Gasteiger partial charge < -0.3 is 14.6 Å². The second-order valence-corrected chi connectivity index (χ2v) is 9.72. The lowest BCUT2D eigenvalue weighted by Gasteiger charge is -2.25. The number of aromatic nitrogens is 7. The van der Waals surface area contributed by atoms with Gasteiger partial charge in [0.1, 0.15) is 6.42 Å². The van der Waals surface area contributed by atoms with Crippen molar-refractivity contribution in [2.75, 3.05) is 11.9 Å². The number of nitrogens with zero attached hydrogens (tertiary/aromatic N) is 7. The van der Waals surface area contributed by atoms with E-state index in [-0.39, 0.29) is 18.2 Å². The zero-order valence-electron chi connectivity index (χ0n) is 19.6. The van der Waals surface area contributed by atoms with E-state index < -0.39 is 0 Å². The molecule has 0 saturated heterocycles. The lowest BCUT2D eigenvalue weighted by atomic mass is 10.0. The lowest BCUT2D eigenvalue weighted by molar-refractivity contribution is -0.131. The molecule has 0 saturated carbocycles. The highest BCUT2D eigenvalue weighted by Crippen LogP contribution is 2.37. The minimum Gasteiger partial charge on any atom is -0.424 e. The highest BCUT2D eigenvalue weighted by Gasteiger charge is 2.32. The van der Waals surface area contributed by atoms with Gasteiger partial charge in [-0.05, 0) is 36.8 Å². The van der Waals surface area contributed by atoms with Crippen LogP contribution in [0.1, 0.15) is 57.9 Å². The third-order valence-corrected chi connectivity index (χ3v) is 7.44. The smallest absolute Gasteiger partial charge is 0.232 e. The summed E-state index contributed by atoms with van der Waals surface area (Å²) in [6, 6.07) is 8.87. The van der Waals surface area contributed by atoms with Gasteiger partial charge in [0.2, 0.25) is 23.6 Å². The van der Waals surface area contributed by atoms with Crippen molar-refractivity contribution in [2.24, 2.45) is 0 Å². The molecule has 0 bridgehead atoms. The first kappa shape index (κ1) is 21.2. The first-order chi connectivity index (χ1) is 17.7. The minimum absolute atomic E-state index is 0.0465. The van der Waals surface area contributed by atoms with E-state index in [2.05, 4.69) is 60.2 Å². The number of H-pyrrole nitrogens is 1. The van der Waals surface area contributed by atoms with Crippen LogP contribution in [0.3, 0.4) is 0 Å². The summed E-state index contributed by atoms with van der Waals surface area (Å²) in [4.78, 5) is 24.0. The minimum atomic E-state index is -0.0506. The fourth-order valence-corrected chi connectivity index (χ4v) is 5.57. The van der Waals surface area contributed by atoms with Gasteiger partial charge in [-0.3, -0.25) is 9.89 Å². The second kappa shape index (κ2) is 8.51. The van der Waals surface area contributed by atoms with E-state index in [9.17, 15) is 4.79 Å². The largest absolute Gasteiger partial charge is 0.424 e. The summed E-state index contributed by atoms with van der Waals surface area (Å²) in [5, 5.41) is 22.7. The molecular weight excluding hydrogens is 458 g/mol. The molecule has 2 aliphatic carbocycles. The molecule has 2 N–H and O–H groups in total. The van der Waals surface area contributed by atoms with Crippen molar-refractivity contribution in [1.82, 2.24) is 40.5 Å². The summed E-state index contributed by atoms with van der Waals surface area (Å²) in [5.74, 6) is 1.42. The molecule has 1 aliphatic heterocycles. The maximum absolute atomic E-state index is 12.8. The van der Waals surface area contributed by atoms with Gasteiger partial charge >= 0.3 is 0 Å². The Morgan fingerprint density at radius 1 is 1.11 bits per heavy atom. The number of hydrogen-bond donors (Lipinski definition) is 2. The standard InChI is InChI=1S/C25H25N9O2/c35-23(34-8-7-20-21(13-34)30-33-29-20)11-22-31-32-24(36-22)17-5-6-19-18(17)12-26-25(28-19)27-16-9-14-3-1-2-4-15(14)10-16/h1-4,12,16-17H,5-11,13H2,(H,26,27,28)(H,29,30,33)/t17-/m0/s1. The predicted molar refractivity (Wildman–Crippen MR) is 127 cm³/mol. The van der Waals surface area contributed by atoms with Crippen LogP contribution < -0.4 is 5.32 Å². The lowest BCUT2D eigenvalue weighted by Crippen LogP contribution is -2.37. The van der Waals surface area contributed by atoms with Crippen LogP contribution in [0, 0.1) is 0 Å². The fraction of sp³-hybridized carbons (Fsp3) is 0.400. The molecule has 36 heavy (non-hydrogen) atoms. The van der Waals surface area contributed by atoms with E-state index in [1.165, 1.54) is 11.1 Å². The summed E-state index contributed by atoms with van der Waals surface area (Å²) in [6.07, 6.45) is 6.28. The van der Waals surface area contributed by atoms with Crippen molar-refractivity contribution in [2.45, 2.75) is 57.0 Å². The molecule has 1 atom stereocenters. The molecule has 11 nitrogen and oxygen atoms in total. The van der Waals surface area contributed by atoms with Crippen LogP contribution in [0.2, 0.25) is 0 Å². The molecule has 182 valence electrons. The number of aryl methyl sites for hydroxylation is 1. The number of hydrogen-bond acceptors (Lipinski definition) is 9. The Hall–Kier alpha value is -4.15. The fourth-order valence-electron chi connectivity index (χ4n) is 5.57. The van der Waals surface area contributed by atoms with E-state index in [4.69, 9.17) is 9.40 Å². The van der Waals surface area contributed by atoms with Crippen LogP contribution in [0.25, 0.3) is 0 Å². The van der Waals surface area contributed by atoms with Crippen LogP contribution in [0.4, 0.5) is 5.95 Å². The molecule has 0 spiro atoms. The second-order valence-electron chi connectivity index (χ2n) is 9.72.